The fourth-order valence-corrected chi connectivity index (χ4v) is 3.45. The first kappa shape index (κ1) is 17.9. The van der Waals surface area contributed by atoms with Crippen molar-refractivity contribution in [3.8, 4) is 0 Å². The maximum atomic E-state index is 9.76. The van der Waals surface area contributed by atoms with E-state index in [1.54, 1.807) is 0 Å². The van der Waals surface area contributed by atoms with Crippen LogP contribution in [0.2, 0.25) is 0 Å². The van der Waals surface area contributed by atoms with Crippen LogP contribution in [-0.4, -0.2) is 47.8 Å². The van der Waals surface area contributed by atoms with Crippen LogP contribution < -0.4 is 5.32 Å². The predicted octanol–water partition coefficient (Wildman–Crippen LogP) is 2.88. The van der Waals surface area contributed by atoms with Crippen LogP contribution in [0.15, 0.2) is 0 Å². The van der Waals surface area contributed by atoms with Gasteiger partial charge in [0.1, 0.15) is 0 Å². The lowest BCUT2D eigenvalue weighted by atomic mass is 9.90. The summed E-state index contributed by atoms with van der Waals surface area (Å²) >= 11 is 0. The third-order valence-corrected chi connectivity index (χ3v) is 4.96. The molecule has 20 heavy (non-hydrogen) atoms. The summed E-state index contributed by atoms with van der Waals surface area (Å²) < 4.78 is 0. The summed E-state index contributed by atoms with van der Waals surface area (Å²) in [7, 11) is 0. The van der Waals surface area contributed by atoms with Gasteiger partial charge < -0.3 is 15.3 Å². The molecule has 1 heterocycles. The van der Waals surface area contributed by atoms with Gasteiger partial charge in [0.05, 0.1) is 6.61 Å². The molecule has 2 N–H and O–H groups in total. The lowest BCUT2D eigenvalue weighted by Gasteiger charge is -2.35. The van der Waals surface area contributed by atoms with Gasteiger partial charge in [-0.2, -0.15) is 0 Å². The van der Waals surface area contributed by atoms with Crippen molar-refractivity contribution in [3.05, 3.63) is 0 Å². The van der Waals surface area contributed by atoms with E-state index in [0.29, 0.717) is 6.04 Å². The van der Waals surface area contributed by atoms with E-state index >= 15 is 0 Å². The molecule has 3 heteroatoms. The number of hydrogen-bond donors (Lipinski definition) is 2. The summed E-state index contributed by atoms with van der Waals surface area (Å²) in [6.45, 7) is 15.1. The smallest absolute Gasteiger partial charge is 0.0613 e. The molecule has 1 aliphatic heterocycles. The van der Waals surface area contributed by atoms with Crippen molar-refractivity contribution in [1.82, 2.24) is 10.2 Å². The molecule has 0 amide bonds. The molecule has 0 radical (unpaired) electrons. The Kier molecular flexibility index (Phi) is 7.49. The molecule has 3 nitrogen and oxygen atoms in total. The fourth-order valence-electron chi connectivity index (χ4n) is 3.45. The zero-order valence-corrected chi connectivity index (χ0v) is 14.3. The number of nitrogens with zero attached hydrogens (tertiary/aromatic N) is 1. The molecule has 0 saturated carbocycles. The van der Waals surface area contributed by atoms with Gasteiger partial charge in [0.15, 0.2) is 0 Å². The number of hydrogen-bond acceptors (Lipinski definition) is 3. The number of rotatable bonds is 9. The lowest BCUT2D eigenvalue weighted by molar-refractivity contribution is 0.131. The summed E-state index contributed by atoms with van der Waals surface area (Å²) in [5, 5.41) is 13.3. The molecule has 1 aliphatic rings. The summed E-state index contributed by atoms with van der Waals surface area (Å²) in [5.41, 5.74) is -0.0780. The first-order valence-electron chi connectivity index (χ1n) is 8.53. The average molecular weight is 284 g/mol. The van der Waals surface area contributed by atoms with Crippen LogP contribution in [0.4, 0.5) is 0 Å². The molecule has 120 valence electrons. The van der Waals surface area contributed by atoms with Crippen LogP contribution in [0.5, 0.6) is 0 Å². The Bertz CT molecular complexity index is 262. The number of nitrogens with one attached hydrogen (secondary N) is 1. The summed E-state index contributed by atoms with van der Waals surface area (Å²) in [6, 6.07) is 0.430. The van der Waals surface area contributed by atoms with Crippen molar-refractivity contribution in [2.24, 2.45) is 11.8 Å². The van der Waals surface area contributed by atoms with Gasteiger partial charge in [-0.3, -0.25) is 0 Å². The summed E-state index contributed by atoms with van der Waals surface area (Å²) in [5.74, 6) is 1.70. The molecular formula is C17H36N2O. The van der Waals surface area contributed by atoms with Gasteiger partial charge in [0.25, 0.3) is 0 Å². The van der Waals surface area contributed by atoms with Gasteiger partial charge in [0.2, 0.25) is 0 Å². The highest BCUT2D eigenvalue weighted by atomic mass is 16.3. The van der Waals surface area contributed by atoms with Crippen LogP contribution in [-0.2, 0) is 0 Å². The van der Waals surface area contributed by atoms with Gasteiger partial charge in [-0.15, -0.1) is 0 Å². The molecule has 0 aromatic heterocycles. The quantitative estimate of drug-likeness (QED) is 0.683. The van der Waals surface area contributed by atoms with Crippen LogP contribution in [0.25, 0.3) is 0 Å². The summed E-state index contributed by atoms with van der Waals surface area (Å²) in [4.78, 5) is 2.61. The van der Waals surface area contributed by atoms with Crippen LogP contribution in [0.1, 0.15) is 60.3 Å². The highest BCUT2D eigenvalue weighted by Crippen LogP contribution is 2.25. The van der Waals surface area contributed by atoms with E-state index in [9.17, 15) is 5.11 Å². The van der Waals surface area contributed by atoms with E-state index in [2.05, 4.69) is 44.8 Å². The van der Waals surface area contributed by atoms with E-state index in [1.165, 1.54) is 32.5 Å². The van der Waals surface area contributed by atoms with Crippen molar-refractivity contribution in [2.75, 3.05) is 26.2 Å². The van der Waals surface area contributed by atoms with E-state index in [1.807, 2.05) is 0 Å². The maximum absolute atomic E-state index is 9.76. The largest absolute Gasteiger partial charge is 0.394 e. The number of aliphatic hydroxyl groups is 1. The molecule has 0 bridgehead atoms. The second-order valence-corrected chi connectivity index (χ2v) is 7.29. The van der Waals surface area contributed by atoms with E-state index in [-0.39, 0.29) is 12.1 Å². The third-order valence-electron chi connectivity index (χ3n) is 4.96. The molecule has 0 aromatic rings. The topological polar surface area (TPSA) is 35.5 Å². The predicted molar refractivity (Wildman–Crippen MR) is 87.0 cm³/mol. The van der Waals surface area contributed by atoms with Crippen molar-refractivity contribution in [2.45, 2.75) is 71.9 Å². The Morgan fingerprint density at radius 2 is 2.00 bits per heavy atom. The minimum atomic E-state index is -0.0780. The molecule has 2 unspecified atom stereocenters. The normalized spacial score (nSPS) is 23.7. The van der Waals surface area contributed by atoms with Gasteiger partial charge >= 0.3 is 0 Å². The SMILES string of the molecule is CCC(CO)(CCCN1CCC(C(C)C)C1)NC(C)C. The Balaban J connectivity index is 2.34. The van der Waals surface area contributed by atoms with Gasteiger partial charge in [0, 0.05) is 18.1 Å². The standard InChI is InChI=1S/C17H36N2O/c1-6-17(13-20,18-15(4)5)9-7-10-19-11-8-16(12-19)14(2)3/h14-16,18,20H,6-13H2,1-5H3. The first-order chi connectivity index (χ1) is 9.42. The molecule has 1 saturated heterocycles. The van der Waals surface area contributed by atoms with Crippen molar-refractivity contribution >= 4 is 0 Å². The molecule has 0 aromatic carbocycles. The molecular weight excluding hydrogens is 248 g/mol. The van der Waals surface area contributed by atoms with Crippen LogP contribution >= 0.6 is 0 Å². The minimum absolute atomic E-state index is 0.0780. The van der Waals surface area contributed by atoms with Gasteiger partial charge in [-0.25, -0.2) is 0 Å². The molecule has 1 rings (SSSR count). The Labute approximate surface area is 126 Å². The zero-order valence-electron chi connectivity index (χ0n) is 14.3. The van der Waals surface area contributed by atoms with Gasteiger partial charge in [-0.1, -0.05) is 34.6 Å². The third kappa shape index (κ3) is 5.34. The second-order valence-electron chi connectivity index (χ2n) is 7.29. The van der Waals surface area contributed by atoms with Crippen molar-refractivity contribution in [3.63, 3.8) is 0 Å². The van der Waals surface area contributed by atoms with Crippen molar-refractivity contribution < 1.29 is 5.11 Å². The van der Waals surface area contributed by atoms with E-state index in [0.717, 1.165) is 24.7 Å². The molecule has 1 fully saturated rings. The Hall–Kier alpha value is -0.120. The second kappa shape index (κ2) is 8.35. The number of likely N-dealkylation sites (tertiary alicyclic amines) is 1. The fraction of sp³-hybridized carbons (Fsp3) is 1.00. The van der Waals surface area contributed by atoms with Crippen LogP contribution in [0.3, 0.4) is 0 Å². The molecule has 0 aliphatic carbocycles. The van der Waals surface area contributed by atoms with E-state index < -0.39 is 0 Å². The summed E-state index contributed by atoms with van der Waals surface area (Å²) in [6.07, 6.45) is 4.61. The Morgan fingerprint density at radius 3 is 2.45 bits per heavy atom. The maximum Gasteiger partial charge on any atom is 0.0613 e. The average Bonchev–Trinajstić information content (AvgIpc) is 2.86. The van der Waals surface area contributed by atoms with Crippen molar-refractivity contribution in [1.29, 1.82) is 0 Å². The van der Waals surface area contributed by atoms with Gasteiger partial charge in [-0.05, 0) is 50.6 Å². The monoisotopic (exact) mass is 284 g/mol. The highest BCUT2D eigenvalue weighted by Gasteiger charge is 2.29. The van der Waals surface area contributed by atoms with E-state index in [4.69, 9.17) is 0 Å². The molecule has 2 atom stereocenters. The first-order valence-corrected chi connectivity index (χ1v) is 8.53. The minimum Gasteiger partial charge on any atom is -0.394 e. The van der Waals surface area contributed by atoms with Crippen LogP contribution in [0, 0.1) is 11.8 Å². The Morgan fingerprint density at radius 1 is 1.30 bits per heavy atom. The lowest BCUT2D eigenvalue weighted by Crippen LogP contribution is -2.51. The zero-order chi connectivity index (χ0) is 15.2. The number of aliphatic hydroxyl groups excluding tert-OH is 1. The molecule has 0 spiro atoms. The highest BCUT2D eigenvalue weighted by molar-refractivity contribution is 4.88.